The Kier molecular flexibility index (Phi) is 6.60. The minimum absolute atomic E-state index is 0.0825. The van der Waals surface area contributed by atoms with Gasteiger partial charge in [0.2, 0.25) is 5.88 Å². The third-order valence-corrected chi connectivity index (χ3v) is 5.48. The Hall–Kier alpha value is -3.08. The Balaban J connectivity index is 1.64. The number of nitrogens with one attached hydrogen (secondary N) is 2. The van der Waals surface area contributed by atoms with Gasteiger partial charge in [-0.2, -0.15) is 5.10 Å². The molecule has 3 rings (SSSR count). The van der Waals surface area contributed by atoms with Gasteiger partial charge in [0, 0.05) is 43.9 Å². The number of nitrogens with zero attached hydrogens (tertiary/aromatic N) is 4. The van der Waals surface area contributed by atoms with Gasteiger partial charge in [0.1, 0.15) is 5.69 Å². The van der Waals surface area contributed by atoms with E-state index in [1.165, 1.54) is 16.7 Å². The van der Waals surface area contributed by atoms with Crippen LogP contribution in [0.15, 0.2) is 12.1 Å². The maximum Gasteiger partial charge on any atom is 0.407 e. The van der Waals surface area contributed by atoms with Gasteiger partial charge >= 0.3 is 6.09 Å². The van der Waals surface area contributed by atoms with Crippen molar-refractivity contribution in [2.75, 3.05) is 26.1 Å². The molecule has 30 heavy (non-hydrogen) atoms. The van der Waals surface area contributed by atoms with E-state index in [1.807, 2.05) is 6.92 Å². The summed E-state index contributed by atoms with van der Waals surface area (Å²) < 4.78 is 11.6. The average Bonchev–Trinajstić information content (AvgIpc) is 3.41. The Morgan fingerprint density at radius 2 is 2.17 bits per heavy atom. The number of carbonyl (C=O) groups is 2. The maximum absolute atomic E-state index is 12.5. The second-order valence-electron chi connectivity index (χ2n) is 7.52. The zero-order valence-electron chi connectivity index (χ0n) is 17.6. The predicted molar refractivity (Wildman–Crippen MR) is 108 cm³/mol. The first kappa shape index (κ1) is 21.6. The van der Waals surface area contributed by atoms with Gasteiger partial charge in [-0.25, -0.2) is 4.79 Å². The van der Waals surface area contributed by atoms with E-state index in [1.54, 1.807) is 26.3 Å². The van der Waals surface area contributed by atoms with Crippen LogP contribution in [0.1, 0.15) is 48.3 Å². The quantitative estimate of drug-likeness (QED) is 0.595. The molecule has 2 amide bonds. The molecule has 3 atom stereocenters. The van der Waals surface area contributed by atoms with E-state index in [0.29, 0.717) is 30.4 Å². The minimum atomic E-state index is -0.936. The zero-order valence-corrected chi connectivity index (χ0v) is 17.6. The van der Waals surface area contributed by atoms with E-state index in [-0.39, 0.29) is 23.9 Å². The molecule has 164 valence electrons. The standard InChI is InChI=1S/C19H28N6O5/c1-11(10-29-3)25(19(27)28)13-6-5-12(7-13)14-8-16(22-21-14)20-18(26)15-9-17(30-4)23-24(15)2/h8-9,11-13H,5-7,10H2,1-4H3,(H,27,28)(H2,20,21,22,26)/t11-,12-,13+/m0/s1. The molecular weight excluding hydrogens is 392 g/mol. The minimum Gasteiger partial charge on any atom is -0.480 e. The largest absolute Gasteiger partial charge is 0.480 e. The maximum atomic E-state index is 12.5. The van der Waals surface area contributed by atoms with Gasteiger partial charge in [-0.3, -0.25) is 14.6 Å². The van der Waals surface area contributed by atoms with Gasteiger partial charge in [-0.05, 0) is 26.2 Å². The van der Waals surface area contributed by atoms with Crippen molar-refractivity contribution in [3.8, 4) is 5.88 Å². The van der Waals surface area contributed by atoms with Gasteiger partial charge in [-0.1, -0.05) is 0 Å². The van der Waals surface area contributed by atoms with E-state index >= 15 is 0 Å². The summed E-state index contributed by atoms with van der Waals surface area (Å²) in [4.78, 5) is 25.7. The highest BCUT2D eigenvalue weighted by Gasteiger charge is 2.36. The Morgan fingerprint density at radius 3 is 2.80 bits per heavy atom. The molecule has 1 saturated carbocycles. The molecule has 0 radical (unpaired) electrons. The number of amides is 2. The highest BCUT2D eigenvalue weighted by atomic mass is 16.5. The first-order chi connectivity index (χ1) is 14.3. The summed E-state index contributed by atoms with van der Waals surface area (Å²) in [6.07, 6.45) is 1.35. The van der Waals surface area contributed by atoms with Crippen molar-refractivity contribution in [1.29, 1.82) is 0 Å². The summed E-state index contributed by atoms with van der Waals surface area (Å²) >= 11 is 0. The molecular formula is C19H28N6O5. The third-order valence-electron chi connectivity index (χ3n) is 5.48. The molecule has 0 spiro atoms. The second-order valence-corrected chi connectivity index (χ2v) is 7.52. The molecule has 11 nitrogen and oxygen atoms in total. The summed E-state index contributed by atoms with van der Waals surface area (Å²) in [5.74, 6) is 0.553. The van der Waals surface area contributed by atoms with Crippen LogP contribution in [0.3, 0.4) is 0 Å². The van der Waals surface area contributed by atoms with Crippen LogP contribution in [-0.2, 0) is 11.8 Å². The summed E-state index contributed by atoms with van der Waals surface area (Å²) in [5.41, 5.74) is 1.22. The van der Waals surface area contributed by atoms with Crippen molar-refractivity contribution >= 4 is 17.8 Å². The van der Waals surface area contributed by atoms with E-state index in [4.69, 9.17) is 9.47 Å². The fraction of sp³-hybridized carbons (Fsp3) is 0.579. The summed E-state index contributed by atoms with van der Waals surface area (Å²) in [6, 6.07) is 3.04. The van der Waals surface area contributed by atoms with Crippen molar-refractivity contribution < 1.29 is 24.2 Å². The lowest BCUT2D eigenvalue weighted by Crippen LogP contribution is -2.46. The number of hydrogen-bond donors (Lipinski definition) is 3. The number of rotatable bonds is 8. The first-order valence-corrected chi connectivity index (χ1v) is 9.78. The first-order valence-electron chi connectivity index (χ1n) is 9.78. The molecule has 2 heterocycles. The second kappa shape index (κ2) is 9.16. The Morgan fingerprint density at radius 1 is 1.40 bits per heavy atom. The molecule has 2 aromatic rings. The number of aromatic nitrogens is 4. The lowest BCUT2D eigenvalue weighted by molar-refractivity contribution is 0.0646. The molecule has 1 aliphatic carbocycles. The van der Waals surface area contributed by atoms with Gasteiger partial charge in [0.05, 0.1) is 19.8 Å². The molecule has 1 aliphatic rings. The fourth-order valence-corrected chi connectivity index (χ4v) is 4.06. The third kappa shape index (κ3) is 4.56. The molecule has 1 fully saturated rings. The highest BCUT2D eigenvalue weighted by molar-refractivity contribution is 6.02. The van der Waals surface area contributed by atoms with E-state index in [9.17, 15) is 14.7 Å². The van der Waals surface area contributed by atoms with Crippen LogP contribution in [0.4, 0.5) is 10.6 Å². The molecule has 3 N–H and O–H groups in total. The smallest absolute Gasteiger partial charge is 0.407 e. The highest BCUT2D eigenvalue weighted by Crippen LogP contribution is 2.37. The van der Waals surface area contributed by atoms with Crippen molar-refractivity contribution in [2.45, 2.75) is 44.2 Å². The van der Waals surface area contributed by atoms with Gasteiger partial charge in [0.15, 0.2) is 5.82 Å². The number of aryl methyl sites for hydroxylation is 1. The summed E-state index contributed by atoms with van der Waals surface area (Å²) in [6.45, 7) is 2.20. The van der Waals surface area contributed by atoms with Crippen molar-refractivity contribution in [2.24, 2.45) is 7.05 Å². The predicted octanol–water partition coefficient (Wildman–Crippen LogP) is 2.06. The lowest BCUT2D eigenvalue weighted by atomic mass is 10.0. The van der Waals surface area contributed by atoms with Crippen LogP contribution in [0.25, 0.3) is 0 Å². The number of ether oxygens (including phenoxy) is 2. The topological polar surface area (TPSA) is 135 Å². The van der Waals surface area contributed by atoms with Crippen LogP contribution < -0.4 is 10.1 Å². The molecule has 0 aromatic carbocycles. The van der Waals surface area contributed by atoms with Crippen LogP contribution in [0, 0.1) is 0 Å². The molecule has 0 bridgehead atoms. The van der Waals surface area contributed by atoms with Gasteiger partial charge in [0.25, 0.3) is 5.91 Å². The normalized spacial score (nSPS) is 19.5. The van der Waals surface area contributed by atoms with Crippen LogP contribution in [-0.4, -0.2) is 74.9 Å². The fourth-order valence-electron chi connectivity index (χ4n) is 4.06. The SMILES string of the molecule is COC[C@H](C)N(C(=O)O)[C@@H]1CC[C@H](c2cc(NC(=O)c3cc(OC)nn3C)n[nH]2)C1. The molecule has 0 aliphatic heterocycles. The average molecular weight is 420 g/mol. The number of anilines is 1. The van der Waals surface area contributed by atoms with Crippen LogP contribution >= 0.6 is 0 Å². The number of carbonyl (C=O) groups excluding carboxylic acids is 1. The van der Waals surface area contributed by atoms with E-state index in [0.717, 1.165) is 18.5 Å². The number of hydrogen-bond acceptors (Lipinski definition) is 6. The molecule has 0 unspecified atom stereocenters. The van der Waals surface area contributed by atoms with Crippen molar-refractivity contribution in [1.82, 2.24) is 24.9 Å². The number of H-pyrrole nitrogens is 1. The number of aromatic amines is 1. The van der Waals surface area contributed by atoms with Crippen molar-refractivity contribution in [3.63, 3.8) is 0 Å². The summed E-state index contributed by atoms with van der Waals surface area (Å²) in [7, 11) is 4.71. The van der Waals surface area contributed by atoms with Gasteiger partial charge < -0.3 is 24.8 Å². The number of methoxy groups -OCH3 is 2. The van der Waals surface area contributed by atoms with E-state index < -0.39 is 6.09 Å². The molecule has 2 aromatic heterocycles. The van der Waals surface area contributed by atoms with Crippen LogP contribution in [0.2, 0.25) is 0 Å². The van der Waals surface area contributed by atoms with Crippen LogP contribution in [0.5, 0.6) is 5.88 Å². The Bertz CT molecular complexity index is 894. The number of carboxylic acid groups (broad SMARTS) is 1. The van der Waals surface area contributed by atoms with Crippen molar-refractivity contribution in [3.05, 3.63) is 23.5 Å². The molecule has 11 heteroatoms. The summed E-state index contributed by atoms with van der Waals surface area (Å²) in [5, 5.41) is 23.6. The Labute approximate surface area is 174 Å². The monoisotopic (exact) mass is 420 g/mol. The zero-order chi connectivity index (χ0) is 21.8. The van der Waals surface area contributed by atoms with E-state index in [2.05, 4.69) is 20.6 Å². The molecule has 0 saturated heterocycles. The van der Waals surface area contributed by atoms with Gasteiger partial charge in [-0.15, -0.1) is 5.10 Å². The lowest BCUT2D eigenvalue weighted by Gasteiger charge is -2.31.